The maximum Gasteiger partial charge on any atom is 0.0783 e. The first-order valence-corrected chi connectivity index (χ1v) is 11.3. The molecule has 0 radical (unpaired) electrons. The molecule has 0 atom stereocenters. The lowest BCUT2D eigenvalue weighted by Crippen LogP contribution is -2.42. The zero-order chi connectivity index (χ0) is 17.9. The second-order valence-corrected chi connectivity index (χ2v) is 7.72. The summed E-state index contributed by atoms with van der Waals surface area (Å²) in [4.78, 5) is 0. The van der Waals surface area contributed by atoms with Gasteiger partial charge in [0, 0.05) is 0 Å². The normalized spacial score (nSPS) is 11.1. The lowest BCUT2D eigenvalue weighted by Gasteiger charge is -2.41. The molecule has 0 fully saturated rings. The van der Waals surface area contributed by atoms with Crippen molar-refractivity contribution < 1.29 is 15.6 Å². The Bertz CT molecular complexity index is 246. The molecule has 0 aliphatic rings. The van der Waals surface area contributed by atoms with Crippen molar-refractivity contribution in [1.82, 2.24) is 0 Å². The molecule has 0 aliphatic carbocycles. The highest BCUT2D eigenvalue weighted by molar-refractivity contribution is 4.50. The van der Waals surface area contributed by atoms with Gasteiger partial charge in [0.05, 0.1) is 19.6 Å². The van der Waals surface area contributed by atoms with Gasteiger partial charge < -0.3 is 20.8 Å². The molecule has 162 valence electrons. The van der Waals surface area contributed by atoms with Crippen LogP contribution < -0.4 is 0 Å². The summed E-state index contributed by atoms with van der Waals surface area (Å²) in [5.41, 5.74) is 0. The number of quaternary nitrogens is 1. The maximum absolute atomic E-state index is 12.1. The van der Waals surface area contributed by atoms with Crippen LogP contribution >= 0.6 is 0 Å². The zero-order valence-electron chi connectivity index (χ0n) is 18.3. The van der Waals surface area contributed by atoms with Gasteiger partial charge in [-0.3, -0.25) is 0 Å². The van der Waals surface area contributed by atoms with Crippen molar-refractivity contribution in [3.63, 3.8) is 0 Å². The van der Waals surface area contributed by atoms with Gasteiger partial charge in [-0.1, -0.05) is 96.8 Å². The van der Waals surface area contributed by atoms with Crippen LogP contribution in [0.15, 0.2) is 0 Å². The van der Waals surface area contributed by atoms with E-state index in [1.54, 1.807) is 0 Å². The van der Waals surface area contributed by atoms with Crippen LogP contribution in [0.4, 0.5) is 0 Å². The van der Waals surface area contributed by atoms with E-state index >= 15 is 0 Å². The Morgan fingerprint density at radius 2 is 0.731 bits per heavy atom. The van der Waals surface area contributed by atoms with Crippen molar-refractivity contribution in [2.45, 2.75) is 124 Å². The molecule has 4 heteroatoms. The van der Waals surface area contributed by atoms with Crippen LogP contribution in [0.2, 0.25) is 0 Å². The first kappa shape index (κ1) is 30.6. The highest BCUT2D eigenvalue weighted by Gasteiger charge is 2.09. The minimum atomic E-state index is 0. The third-order valence-corrected chi connectivity index (χ3v) is 5.57. The smallest absolute Gasteiger partial charge is 0.0783 e. The molecule has 0 amide bonds. The number of nitrogens with zero attached hydrogens (tertiary/aromatic N) is 1. The van der Waals surface area contributed by atoms with Crippen LogP contribution in [0.5, 0.6) is 0 Å². The van der Waals surface area contributed by atoms with Gasteiger partial charge in [0.25, 0.3) is 0 Å². The molecule has 0 heterocycles. The summed E-state index contributed by atoms with van der Waals surface area (Å²) in [6.07, 6.45) is 22.3. The molecule has 0 aromatic rings. The van der Waals surface area contributed by atoms with Gasteiger partial charge in [0.15, 0.2) is 0 Å². The minimum absolute atomic E-state index is 0. The Balaban J connectivity index is -0.00000264. The predicted octanol–water partition coefficient (Wildman–Crippen LogP) is 5.95. The van der Waals surface area contributed by atoms with Crippen LogP contribution in [-0.2, 0) is 0 Å². The van der Waals surface area contributed by atoms with E-state index in [1.165, 1.54) is 96.3 Å². The van der Waals surface area contributed by atoms with Crippen LogP contribution in [-0.4, -0.2) is 35.2 Å². The molecular formula is C22H51NO3. The fraction of sp³-hybridized carbons (Fsp3) is 1.00. The van der Waals surface area contributed by atoms with E-state index in [1.807, 2.05) is 13.8 Å². The largest absolute Gasteiger partial charge is 0.633 e. The van der Waals surface area contributed by atoms with E-state index in [2.05, 4.69) is 6.92 Å². The second-order valence-electron chi connectivity index (χ2n) is 7.72. The van der Waals surface area contributed by atoms with Crippen molar-refractivity contribution in [3.05, 3.63) is 5.21 Å². The van der Waals surface area contributed by atoms with Crippen molar-refractivity contribution in [1.29, 1.82) is 0 Å². The lowest BCUT2D eigenvalue weighted by molar-refractivity contribution is -0.877. The molecule has 0 aromatic heterocycles. The standard InChI is InChI=1S/C22H47NO.2H2O/c1-4-7-8-9-10-11-12-13-14-15-16-17-18-19-20-21-22-23(24,5-2)6-3;;/h4-22H2,1-3H3;2*1H2. The zero-order valence-corrected chi connectivity index (χ0v) is 18.3. The van der Waals surface area contributed by atoms with E-state index in [0.717, 1.165) is 26.1 Å². The molecule has 0 bridgehead atoms. The number of hydroxylamine groups is 3. The van der Waals surface area contributed by atoms with Crippen molar-refractivity contribution in [3.8, 4) is 0 Å². The van der Waals surface area contributed by atoms with Crippen LogP contribution in [0.3, 0.4) is 0 Å². The number of hydrogen-bond donors (Lipinski definition) is 0. The summed E-state index contributed by atoms with van der Waals surface area (Å²) in [6.45, 7) is 8.61. The number of hydrogen-bond acceptors (Lipinski definition) is 1. The van der Waals surface area contributed by atoms with Crippen LogP contribution in [0.25, 0.3) is 0 Å². The van der Waals surface area contributed by atoms with E-state index in [0.29, 0.717) is 0 Å². The van der Waals surface area contributed by atoms with Crippen molar-refractivity contribution in [2.75, 3.05) is 19.6 Å². The van der Waals surface area contributed by atoms with E-state index in [9.17, 15) is 5.21 Å². The van der Waals surface area contributed by atoms with E-state index in [-0.39, 0.29) is 15.6 Å². The molecule has 4 nitrogen and oxygen atoms in total. The first-order valence-electron chi connectivity index (χ1n) is 11.3. The molecule has 0 rings (SSSR count). The minimum Gasteiger partial charge on any atom is -0.633 e. The van der Waals surface area contributed by atoms with Crippen LogP contribution in [0, 0.1) is 5.21 Å². The molecule has 0 aromatic carbocycles. The molecule has 0 unspecified atom stereocenters. The Hall–Kier alpha value is -0.160. The second kappa shape index (κ2) is 22.9. The van der Waals surface area contributed by atoms with E-state index < -0.39 is 0 Å². The predicted molar refractivity (Wildman–Crippen MR) is 116 cm³/mol. The summed E-state index contributed by atoms with van der Waals surface area (Å²) < 4.78 is 0.0125. The average Bonchev–Trinajstić information content (AvgIpc) is 2.61. The Labute approximate surface area is 164 Å². The quantitative estimate of drug-likeness (QED) is 0.155. The van der Waals surface area contributed by atoms with Gasteiger partial charge >= 0.3 is 0 Å². The van der Waals surface area contributed by atoms with Crippen molar-refractivity contribution >= 4 is 0 Å². The highest BCUT2D eigenvalue weighted by Crippen LogP contribution is 2.14. The molecule has 0 saturated carbocycles. The Morgan fingerprint density at radius 3 is 1.00 bits per heavy atom. The summed E-state index contributed by atoms with van der Waals surface area (Å²) in [6, 6.07) is 0. The topological polar surface area (TPSA) is 86.1 Å². The van der Waals surface area contributed by atoms with Gasteiger partial charge in [-0.15, -0.1) is 0 Å². The SMILES string of the molecule is CCCCCCCCCCCCCCCCCC[N+]([O-])(CC)CC.O.O. The third kappa shape index (κ3) is 20.2. The lowest BCUT2D eigenvalue weighted by atomic mass is 10.0. The molecule has 0 spiro atoms. The number of unbranched alkanes of at least 4 members (excludes halogenated alkanes) is 15. The Morgan fingerprint density at radius 1 is 0.462 bits per heavy atom. The summed E-state index contributed by atoms with van der Waals surface area (Å²) in [5, 5.41) is 12.1. The first-order chi connectivity index (χ1) is 11.7. The maximum atomic E-state index is 12.1. The summed E-state index contributed by atoms with van der Waals surface area (Å²) in [5.74, 6) is 0. The summed E-state index contributed by atoms with van der Waals surface area (Å²) in [7, 11) is 0. The fourth-order valence-corrected chi connectivity index (χ4v) is 3.49. The molecule has 26 heavy (non-hydrogen) atoms. The third-order valence-electron chi connectivity index (χ3n) is 5.57. The van der Waals surface area contributed by atoms with Crippen molar-refractivity contribution in [2.24, 2.45) is 0 Å². The van der Waals surface area contributed by atoms with Gasteiger partial charge in [-0.25, -0.2) is 0 Å². The monoisotopic (exact) mass is 377 g/mol. The average molecular weight is 378 g/mol. The molecule has 4 N–H and O–H groups in total. The van der Waals surface area contributed by atoms with E-state index in [4.69, 9.17) is 0 Å². The molecule has 0 aliphatic heterocycles. The fourth-order valence-electron chi connectivity index (χ4n) is 3.49. The molecular weight excluding hydrogens is 326 g/mol. The van der Waals surface area contributed by atoms with Gasteiger partial charge in [0.2, 0.25) is 0 Å². The van der Waals surface area contributed by atoms with Gasteiger partial charge in [0.1, 0.15) is 0 Å². The number of rotatable bonds is 19. The van der Waals surface area contributed by atoms with Gasteiger partial charge in [-0.2, -0.15) is 0 Å². The Kier molecular flexibility index (Phi) is 26.9. The van der Waals surface area contributed by atoms with Gasteiger partial charge in [-0.05, 0) is 26.7 Å². The molecule has 0 saturated heterocycles. The highest BCUT2D eigenvalue weighted by atomic mass is 16.5. The van der Waals surface area contributed by atoms with Crippen LogP contribution in [0.1, 0.15) is 124 Å². The summed E-state index contributed by atoms with van der Waals surface area (Å²) >= 11 is 0.